The number of carbonyl (C=O) groups excluding carboxylic acids is 1. The van der Waals surface area contributed by atoms with Gasteiger partial charge in [0.25, 0.3) is 0 Å². The number of ether oxygens (including phenoxy) is 1. The summed E-state index contributed by atoms with van der Waals surface area (Å²) in [6.07, 6.45) is 2.75. The minimum Gasteiger partial charge on any atom is -0.466 e. The second-order valence-corrected chi connectivity index (χ2v) is 8.12. The molecule has 0 saturated carbocycles. The molecule has 0 unspecified atom stereocenters. The molecule has 0 aromatic heterocycles. The molecule has 4 heteroatoms. The first-order valence-corrected chi connectivity index (χ1v) is 10.2. The summed E-state index contributed by atoms with van der Waals surface area (Å²) in [5, 5.41) is 3.62. The molecule has 1 saturated heterocycles. The Balaban J connectivity index is 1.62. The summed E-state index contributed by atoms with van der Waals surface area (Å²) >= 11 is 0. The summed E-state index contributed by atoms with van der Waals surface area (Å²) in [7, 11) is 1.48. The highest BCUT2D eigenvalue weighted by Gasteiger charge is 2.58. The normalized spacial score (nSPS) is 26.9. The summed E-state index contributed by atoms with van der Waals surface area (Å²) in [5.41, 5.74) is 5.59. The Morgan fingerprint density at radius 3 is 2.71 bits per heavy atom. The van der Waals surface area contributed by atoms with Crippen molar-refractivity contribution in [2.75, 3.05) is 19.0 Å². The number of esters is 1. The smallest absolute Gasteiger partial charge is 0.335 e. The molecule has 28 heavy (non-hydrogen) atoms. The van der Waals surface area contributed by atoms with E-state index < -0.39 is 0 Å². The van der Waals surface area contributed by atoms with E-state index in [4.69, 9.17) is 4.74 Å². The predicted molar refractivity (Wildman–Crippen MR) is 110 cm³/mol. The number of nitrogens with zero attached hydrogens (tertiary/aromatic N) is 1. The second-order valence-electron chi connectivity index (χ2n) is 8.12. The predicted octanol–water partition coefficient (Wildman–Crippen LogP) is 4.41. The SMILES string of the molecule is COC(=O)C1=C2Nc3ccccc3[C@]23CCN([C@@H](C)c2ccccc2)[C@@H]3CC1. The molecular weight excluding hydrogens is 348 g/mol. The van der Waals surface area contributed by atoms with Crippen LogP contribution in [0.1, 0.15) is 43.4 Å². The van der Waals surface area contributed by atoms with Gasteiger partial charge in [0.1, 0.15) is 0 Å². The maximum absolute atomic E-state index is 12.5. The lowest BCUT2D eigenvalue weighted by atomic mass is 9.67. The number of nitrogens with one attached hydrogen (secondary N) is 1. The molecule has 4 nitrogen and oxygen atoms in total. The van der Waals surface area contributed by atoms with Gasteiger partial charge in [-0.2, -0.15) is 0 Å². The molecule has 1 N–H and O–H groups in total. The minimum absolute atomic E-state index is 0.137. The highest BCUT2D eigenvalue weighted by Crippen LogP contribution is 2.58. The first kappa shape index (κ1) is 17.5. The quantitative estimate of drug-likeness (QED) is 0.808. The molecule has 3 atom stereocenters. The third-order valence-electron chi connectivity index (χ3n) is 7.03. The Kier molecular flexibility index (Phi) is 4.06. The fraction of sp³-hybridized carbons (Fsp3) is 0.375. The van der Waals surface area contributed by atoms with Crippen molar-refractivity contribution in [3.63, 3.8) is 0 Å². The van der Waals surface area contributed by atoms with Crippen LogP contribution >= 0.6 is 0 Å². The van der Waals surface area contributed by atoms with Crippen molar-refractivity contribution in [3.05, 3.63) is 77.0 Å². The van der Waals surface area contributed by atoms with Crippen LogP contribution in [0.2, 0.25) is 0 Å². The molecule has 0 radical (unpaired) electrons. The van der Waals surface area contributed by atoms with Crippen LogP contribution in [0.3, 0.4) is 0 Å². The zero-order valence-corrected chi connectivity index (χ0v) is 16.4. The van der Waals surface area contributed by atoms with Crippen molar-refractivity contribution < 1.29 is 9.53 Å². The van der Waals surface area contributed by atoms with E-state index in [0.29, 0.717) is 12.1 Å². The number of hydrogen-bond donors (Lipinski definition) is 1. The number of hydrogen-bond acceptors (Lipinski definition) is 4. The van der Waals surface area contributed by atoms with E-state index in [2.05, 4.69) is 71.7 Å². The summed E-state index contributed by atoms with van der Waals surface area (Å²) in [5.74, 6) is -0.192. The number of rotatable bonds is 3. The maximum atomic E-state index is 12.5. The summed E-state index contributed by atoms with van der Waals surface area (Å²) in [6.45, 7) is 3.33. The fourth-order valence-corrected chi connectivity index (χ4v) is 5.76. The number of fused-ring (bicyclic) bond motifs is 1. The van der Waals surface area contributed by atoms with Crippen LogP contribution in [0.15, 0.2) is 65.9 Å². The second kappa shape index (κ2) is 6.49. The van der Waals surface area contributed by atoms with Crippen molar-refractivity contribution >= 4 is 11.7 Å². The number of likely N-dealkylation sites (tertiary alicyclic amines) is 1. The molecule has 2 aromatic rings. The molecule has 1 aliphatic carbocycles. The summed E-state index contributed by atoms with van der Waals surface area (Å²) in [4.78, 5) is 15.2. The molecule has 2 heterocycles. The zero-order chi connectivity index (χ0) is 19.3. The van der Waals surface area contributed by atoms with E-state index in [9.17, 15) is 4.79 Å². The van der Waals surface area contributed by atoms with Gasteiger partial charge in [0.2, 0.25) is 0 Å². The largest absolute Gasteiger partial charge is 0.466 e. The van der Waals surface area contributed by atoms with Crippen molar-refractivity contribution in [1.82, 2.24) is 4.90 Å². The van der Waals surface area contributed by atoms with Crippen molar-refractivity contribution in [2.24, 2.45) is 0 Å². The van der Waals surface area contributed by atoms with E-state index in [1.807, 2.05) is 0 Å². The zero-order valence-electron chi connectivity index (χ0n) is 16.4. The van der Waals surface area contributed by atoms with Gasteiger partial charge in [-0.05, 0) is 43.4 Å². The molecule has 5 rings (SSSR count). The van der Waals surface area contributed by atoms with E-state index in [-0.39, 0.29) is 11.4 Å². The van der Waals surface area contributed by atoms with Crippen LogP contribution in [-0.4, -0.2) is 30.6 Å². The number of benzene rings is 2. The van der Waals surface area contributed by atoms with Gasteiger partial charge in [0.05, 0.1) is 18.1 Å². The lowest BCUT2D eigenvalue weighted by molar-refractivity contribution is -0.136. The van der Waals surface area contributed by atoms with Gasteiger partial charge >= 0.3 is 5.97 Å². The molecule has 1 spiro atoms. The molecule has 2 aliphatic heterocycles. The summed E-state index contributed by atoms with van der Waals surface area (Å²) < 4.78 is 5.14. The third-order valence-corrected chi connectivity index (χ3v) is 7.03. The Labute approximate surface area is 166 Å². The van der Waals surface area contributed by atoms with Crippen molar-refractivity contribution in [2.45, 2.75) is 43.7 Å². The number of methoxy groups -OCH3 is 1. The Hall–Kier alpha value is -2.59. The Morgan fingerprint density at radius 1 is 1.18 bits per heavy atom. The molecular formula is C24H26N2O2. The van der Waals surface area contributed by atoms with Gasteiger partial charge in [-0.25, -0.2) is 4.79 Å². The van der Waals surface area contributed by atoms with Crippen molar-refractivity contribution in [3.8, 4) is 0 Å². The van der Waals surface area contributed by atoms with Crippen LogP contribution in [0, 0.1) is 0 Å². The lowest BCUT2D eigenvalue weighted by Crippen LogP contribution is -2.47. The molecule has 0 bridgehead atoms. The van der Waals surface area contributed by atoms with Gasteiger partial charge in [-0.3, -0.25) is 4.90 Å². The Morgan fingerprint density at radius 2 is 1.93 bits per heavy atom. The number of anilines is 1. The highest BCUT2D eigenvalue weighted by molar-refractivity contribution is 5.92. The molecule has 1 fully saturated rings. The van der Waals surface area contributed by atoms with Crippen LogP contribution in [0.25, 0.3) is 0 Å². The highest BCUT2D eigenvalue weighted by atomic mass is 16.5. The monoisotopic (exact) mass is 374 g/mol. The minimum atomic E-state index is -0.192. The third kappa shape index (κ3) is 2.31. The van der Waals surface area contributed by atoms with Gasteiger partial charge in [-0.1, -0.05) is 48.5 Å². The topological polar surface area (TPSA) is 41.6 Å². The van der Waals surface area contributed by atoms with E-state index in [0.717, 1.165) is 42.8 Å². The average molecular weight is 374 g/mol. The standard InChI is InChI=1S/C24H26N2O2/c1-16(17-8-4-3-5-9-17)26-15-14-24-19-10-6-7-11-20(19)25-22(24)18(23(27)28-2)12-13-21(24)26/h3-11,16,21,25H,12-15H2,1-2H3/t16-,21+,24-/m0/s1. The van der Waals surface area contributed by atoms with Gasteiger partial charge < -0.3 is 10.1 Å². The van der Waals surface area contributed by atoms with Crippen LogP contribution < -0.4 is 5.32 Å². The molecule has 3 aliphatic rings. The fourth-order valence-electron chi connectivity index (χ4n) is 5.76. The summed E-state index contributed by atoms with van der Waals surface area (Å²) in [6, 6.07) is 20.0. The average Bonchev–Trinajstić information content (AvgIpc) is 3.30. The van der Waals surface area contributed by atoms with Crippen LogP contribution in [0.4, 0.5) is 5.69 Å². The van der Waals surface area contributed by atoms with Gasteiger partial charge in [-0.15, -0.1) is 0 Å². The number of para-hydroxylation sites is 1. The van der Waals surface area contributed by atoms with E-state index in [1.165, 1.54) is 18.2 Å². The lowest BCUT2D eigenvalue weighted by Gasteiger charge is -2.42. The number of carbonyl (C=O) groups is 1. The molecule has 144 valence electrons. The van der Waals surface area contributed by atoms with E-state index >= 15 is 0 Å². The van der Waals surface area contributed by atoms with E-state index in [1.54, 1.807) is 0 Å². The van der Waals surface area contributed by atoms with Crippen molar-refractivity contribution in [1.29, 1.82) is 0 Å². The molecule has 0 amide bonds. The first-order valence-electron chi connectivity index (χ1n) is 10.2. The van der Waals surface area contributed by atoms with Crippen LogP contribution in [-0.2, 0) is 14.9 Å². The van der Waals surface area contributed by atoms with Gasteiger partial charge in [0.15, 0.2) is 0 Å². The van der Waals surface area contributed by atoms with Crippen LogP contribution in [0.5, 0.6) is 0 Å². The first-order chi connectivity index (χ1) is 13.7. The Bertz CT molecular complexity index is 952. The maximum Gasteiger partial charge on any atom is 0.335 e. The van der Waals surface area contributed by atoms with Gasteiger partial charge in [0, 0.05) is 30.0 Å². The molecule has 2 aromatic carbocycles.